The van der Waals surface area contributed by atoms with E-state index < -0.39 is 0 Å². The number of allylic oxidation sites excluding steroid dienone is 1. The van der Waals surface area contributed by atoms with E-state index >= 15 is 0 Å². The second-order valence-corrected chi connectivity index (χ2v) is 7.41. The standard InChI is InChI=1S/C16H26O/c1-11-7-8-14-16(4,17-14)9-5-6-13-12(11)10-15(13,2)3/h12-14H,1,5-10H2,2-4H3/t12-,13-,14-,16-/m1/s1. The van der Waals surface area contributed by atoms with Crippen LogP contribution < -0.4 is 0 Å². The number of hydrogen-bond donors (Lipinski definition) is 0. The second-order valence-electron chi connectivity index (χ2n) is 7.41. The van der Waals surface area contributed by atoms with Gasteiger partial charge in [-0.1, -0.05) is 32.4 Å². The summed E-state index contributed by atoms with van der Waals surface area (Å²) in [6, 6.07) is 0. The van der Waals surface area contributed by atoms with Crippen molar-refractivity contribution in [2.75, 3.05) is 0 Å². The lowest BCUT2D eigenvalue weighted by molar-refractivity contribution is -0.0000651. The van der Waals surface area contributed by atoms with Crippen LogP contribution in [0.2, 0.25) is 0 Å². The van der Waals surface area contributed by atoms with Crippen LogP contribution in [0.1, 0.15) is 59.3 Å². The van der Waals surface area contributed by atoms with Gasteiger partial charge in [0, 0.05) is 0 Å². The molecule has 0 aromatic carbocycles. The van der Waals surface area contributed by atoms with Gasteiger partial charge in [0.2, 0.25) is 0 Å². The van der Waals surface area contributed by atoms with Crippen LogP contribution in [-0.4, -0.2) is 11.7 Å². The molecule has 0 bridgehead atoms. The summed E-state index contributed by atoms with van der Waals surface area (Å²) in [5.74, 6) is 1.70. The average Bonchev–Trinajstić information content (AvgIpc) is 2.89. The maximum absolute atomic E-state index is 5.89. The molecule has 1 nitrogen and oxygen atoms in total. The molecule has 0 amide bonds. The number of ether oxygens (including phenoxy) is 1. The zero-order valence-electron chi connectivity index (χ0n) is 11.6. The molecule has 17 heavy (non-hydrogen) atoms. The smallest absolute Gasteiger partial charge is 0.0920 e. The molecule has 1 aliphatic heterocycles. The minimum absolute atomic E-state index is 0.223. The molecule has 2 saturated carbocycles. The van der Waals surface area contributed by atoms with Crippen LogP contribution in [0.5, 0.6) is 0 Å². The van der Waals surface area contributed by atoms with Crippen molar-refractivity contribution in [3.8, 4) is 0 Å². The predicted molar refractivity (Wildman–Crippen MR) is 70.9 cm³/mol. The van der Waals surface area contributed by atoms with Gasteiger partial charge in [0.1, 0.15) is 0 Å². The fourth-order valence-electron chi connectivity index (χ4n) is 4.32. The molecule has 4 atom stereocenters. The van der Waals surface area contributed by atoms with Crippen molar-refractivity contribution in [2.45, 2.75) is 71.0 Å². The number of rotatable bonds is 0. The monoisotopic (exact) mass is 234 g/mol. The Hall–Kier alpha value is -0.300. The van der Waals surface area contributed by atoms with Crippen molar-refractivity contribution in [2.24, 2.45) is 17.3 Å². The second kappa shape index (κ2) is 3.60. The summed E-state index contributed by atoms with van der Waals surface area (Å²) in [6.07, 6.45) is 8.27. The van der Waals surface area contributed by atoms with E-state index in [4.69, 9.17) is 4.74 Å². The van der Waals surface area contributed by atoms with E-state index in [2.05, 4.69) is 27.4 Å². The van der Waals surface area contributed by atoms with Gasteiger partial charge in [0.05, 0.1) is 11.7 Å². The first-order valence-electron chi connectivity index (χ1n) is 7.28. The average molecular weight is 234 g/mol. The van der Waals surface area contributed by atoms with Gasteiger partial charge in [-0.15, -0.1) is 0 Å². The summed E-state index contributed by atoms with van der Waals surface area (Å²) in [5.41, 5.74) is 2.28. The Morgan fingerprint density at radius 3 is 2.71 bits per heavy atom. The summed E-state index contributed by atoms with van der Waals surface area (Å²) >= 11 is 0. The zero-order valence-corrected chi connectivity index (χ0v) is 11.6. The van der Waals surface area contributed by atoms with Crippen molar-refractivity contribution in [3.63, 3.8) is 0 Å². The van der Waals surface area contributed by atoms with Gasteiger partial charge in [-0.3, -0.25) is 0 Å². The third-order valence-corrected chi connectivity index (χ3v) is 5.71. The first kappa shape index (κ1) is 11.8. The minimum Gasteiger partial charge on any atom is -0.366 e. The predicted octanol–water partition coefficient (Wildman–Crippen LogP) is 4.33. The molecule has 0 radical (unpaired) electrons. The number of hydrogen-bond acceptors (Lipinski definition) is 1. The van der Waals surface area contributed by atoms with Crippen molar-refractivity contribution >= 4 is 0 Å². The van der Waals surface area contributed by atoms with Crippen LogP contribution >= 0.6 is 0 Å². The lowest BCUT2D eigenvalue weighted by atomic mass is 9.52. The third-order valence-electron chi connectivity index (χ3n) is 5.71. The van der Waals surface area contributed by atoms with Crippen molar-refractivity contribution < 1.29 is 4.74 Å². The van der Waals surface area contributed by atoms with E-state index in [-0.39, 0.29) is 5.60 Å². The third kappa shape index (κ3) is 1.87. The van der Waals surface area contributed by atoms with Gasteiger partial charge >= 0.3 is 0 Å². The maximum Gasteiger partial charge on any atom is 0.0920 e. The molecule has 0 aromatic rings. The fraction of sp³-hybridized carbons (Fsp3) is 0.875. The summed E-state index contributed by atoms with van der Waals surface area (Å²) < 4.78 is 5.89. The molecule has 0 spiro atoms. The maximum atomic E-state index is 5.89. The van der Waals surface area contributed by atoms with Crippen LogP contribution in [0.4, 0.5) is 0 Å². The fourth-order valence-corrected chi connectivity index (χ4v) is 4.32. The minimum atomic E-state index is 0.223. The lowest BCUT2D eigenvalue weighted by Crippen LogP contribution is -2.44. The molecule has 3 rings (SSSR count). The van der Waals surface area contributed by atoms with Gasteiger partial charge in [-0.25, -0.2) is 0 Å². The van der Waals surface area contributed by atoms with Gasteiger partial charge in [0.25, 0.3) is 0 Å². The molecule has 96 valence electrons. The molecule has 1 heteroatoms. The van der Waals surface area contributed by atoms with Crippen LogP contribution in [0.15, 0.2) is 12.2 Å². The van der Waals surface area contributed by atoms with Gasteiger partial charge in [-0.2, -0.15) is 0 Å². The Kier molecular flexibility index (Phi) is 2.49. The number of fused-ring (bicyclic) bond motifs is 2. The van der Waals surface area contributed by atoms with Gasteiger partial charge in [-0.05, 0) is 56.3 Å². The van der Waals surface area contributed by atoms with Gasteiger partial charge < -0.3 is 4.74 Å². The first-order valence-corrected chi connectivity index (χ1v) is 7.28. The van der Waals surface area contributed by atoms with Crippen molar-refractivity contribution in [1.82, 2.24) is 0 Å². The molecule has 1 saturated heterocycles. The van der Waals surface area contributed by atoms with Crippen LogP contribution in [0.3, 0.4) is 0 Å². The Labute approximate surface area is 106 Å². The van der Waals surface area contributed by atoms with Crippen LogP contribution in [0.25, 0.3) is 0 Å². The largest absolute Gasteiger partial charge is 0.366 e. The lowest BCUT2D eigenvalue weighted by Gasteiger charge is -2.53. The molecule has 0 N–H and O–H groups in total. The van der Waals surface area contributed by atoms with E-state index in [0.717, 1.165) is 11.8 Å². The Morgan fingerprint density at radius 2 is 2.00 bits per heavy atom. The summed E-state index contributed by atoms with van der Waals surface area (Å²) in [4.78, 5) is 0. The molecule has 3 fully saturated rings. The summed E-state index contributed by atoms with van der Waals surface area (Å²) in [5, 5.41) is 0. The normalized spacial score (nSPS) is 48.6. The number of epoxide rings is 1. The first-order chi connectivity index (χ1) is 7.92. The molecular formula is C16H26O. The van der Waals surface area contributed by atoms with E-state index in [1.165, 1.54) is 44.1 Å². The van der Waals surface area contributed by atoms with Crippen LogP contribution in [-0.2, 0) is 4.74 Å². The summed E-state index contributed by atoms with van der Waals surface area (Å²) in [6.45, 7) is 11.5. The summed E-state index contributed by atoms with van der Waals surface area (Å²) in [7, 11) is 0. The molecule has 0 aromatic heterocycles. The Balaban J connectivity index is 1.71. The highest BCUT2D eigenvalue weighted by Crippen LogP contribution is 2.57. The zero-order chi connectivity index (χ0) is 12.3. The van der Waals surface area contributed by atoms with Gasteiger partial charge in [0.15, 0.2) is 0 Å². The highest BCUT2D eigenvalue weighted by molar-refractivity contribution is 5.15. The van der Waals surface area contributed by atoms with E-state index in [0.29, 0.717) is 11.5 Å². The molecule has 1 heterocycles. The quantitative estimate of drug-likeness (QED) is 0.449. The van der Waals surface area contributed by atoms with E-state index in [1.807, 2.05) is 0 Å². The van der Waals surface area contributed by atoms with Crippen LogP contribution in [0, 0.1) is 17.3 Å². The highest BCUT2D eigenvalue weighted by Gasteiger charge is 2.53. The molecule has 2 aliphatic carbocycles. The van der Waals surface area contributed by atoms with Crippen molar-refractivity contribution in [3.05, 3.63) is 12.2 Å². The Bertz CT molecular complexity index is 343. The SMILES string of the molecule is C=C1CC[C@H]2O[C@]2(C)CCC[C@@H]2[C@@H]1CC2(C)C. The van der Waals surface area contributed by atoms with E-state index in [9.17, 15) is 0 Å². The Morgan fingerprint density at radius 1 is 1.24 bits per heavy atom. The molecular weight excluding hydrogens is 208 g/mol. The highest BCUT2D eigenvalue weighted by atomic mass is 16.6. The molecule has 0 unspecified atom stereocenters. The topological polar surface area (TPSA) is 12.5 Å². The molecule has 3 aliphatic rings. The van der Waals surface area contributed by atoms with E-state index in [1.54, 1.807) is 0 Å². The van der Waals surface area contributed by atoms with Crippen molar-refractivity contribution in [1.29, 1.82) is 0 Å².